The van der Waals surface area contributed by atoms with Crippen LogP contribution in [0, 0.1) is 12.7 Å². The van der Waals surface area contributed by atoms with Crippen LogP contribution in [0.5, 0.6) is 0 Å². The minimum atomic E-state index is -0.451. The number of hydrogen-bond acceptors (Lipinski definition) is 4. The Kier molecular flexibility index (Phi) is 4.97. The van der Waals surface area contributed by atoms with Crippen LogP contribution in [-0.4, -0.2) is 42.0 Å². The Labute approximate surface area is 170 Å². The van der Waals surface area contributed by atoms with E-state index < -0.39 is 5.82 Å². The zero-order valence-corrected chi connectivity index (χ0v) is 16.8. The molecule has 1 aliphatic rings. The number of carbonyl (C=O) groups is 1. The molecule has 0 aliphatic carbocycles. The van der Waals surface area contributed by atoms with Gasteiger partial charge in [0.05, 0.1) is 20.8 Å². The van der Waals surface area contributed by atoms with Crippen LogP contribution in [-0.2, 0) is 0 Å². The Balaban J connectivity index is 1.49. The number of nitrogens with zero attached hydrogens (tertiary/aromatic N) is 3. The van der Waals surface area contributed by atoms with Crippen LogP contribution >= 0.6 is 34.5 Å². The summed E-state index contributed by atoms with van der Waals surface area (Å²) < 4.78 is 14.3. The van der Waals surface area contributed by atoms with E-state index >= 15 is 0 Å². The van der Waals surface area contributed by atoms with Gasteiger partial charge in [-0.15, -0.1) is 0 Å². The molecular formula is C19H16Cl2FN3OS. The second-order valence-electron chi connectivity index (χ2n) is 6.42. The first-order chi connectivity index (χ1) is 12.9. The molecule has 1 fully saturated rings. The third kappa shape index (κ3) is 3.49. The second-order valence-corrected chi connectivity index (χ2v) is 8.24. The first-order valence-electron chi connectivity index (χ1n) is 8.49. The van der Waals surface area contributed by atoms with Crippen molar-refractivity contribution in [3.63, 3.8) is 0 Å². The van der Waals surface area contributed by atoms with Gasteiger partial charge in [0.2, 0.25) is 0 Å². The van der Waals surface area contributed by atoms with Crippen LogP contribution in [0.3, 0.4) is 0 Å². The van der Waals surface area contributed by atoms with Crippen molar-refractivity contribution in [2.45, 2.75) is 6.92 Å². The molecule has 3 aromatic rings. The van der Waals surface area contributed by atoms with E-state index in [4.69, 9.17) is 28.2 Å². The van der Waals surface area contributed by atoms with Gasteiger partial charge in [-0.2, -0.15) is 0 Å². The molecule has 8 heteroatoms. The van der Waals surface area contributed by atoms with Crippen LogP contribution < -0.4 is 4.90 Å². The molecule has 4 nitrogen and oxygen atoms in total. The summed E-state index contributed by atoms with van der Waals surface area (Å²) in [5, 5.41) is 1.79. The van der Waals surface area contributed by atoms with Crippen molar-refractivity contribution >= 4 is 55.8 Å². The second kappa shape index (κ2) is 7.26. The summed E-state index contributed by atoms with van der Waals surface area (Å²) in [4.78, 5) is 21.3. The lowest BCUT2D eigenvalue weighted by Gasteiger charge is -2.34. The molecule has 1 aliphatic heterocycles. The fraction of sp³-hybridized carbons (Fsp3) is 0.263. The topological polar surface area (TPSA) is 36.4 Å². The van der Waals surface area contributed by atoms with Gasteiger partial charge < -0.3 is 9.80 Å². The lowest BCUT2D eigenvalue weighted by molar-refractivity contribution is 0.0747. The first-order valence-corrected chi connectivity index (χ1v) is 10.1. The molecular weight excluding hydrogens is 408 g/mol. The highest BCUT2D eigenvalue weighted by Gasteiger charge is 2.25. The molecule has 1 amide bonds. The normalized spacial score (nSPS) is 14.8. The van der Waals surface area contributed by atoms with Gasteiger partial charge in [-0.3, -0.25) is 4.79 Å². The van der Waals surface area contributed by atoms with Gasteiger partial charge in [-0.1, -0.05) is 34.5 Å². The summed E-state index contributed by atoms with van der Waals surface area (Å²) in [5.74, 6) is -0.626. The standard InChI is InChI=1S/C19H16Cl2FN3OS/c1-11-14(20)4-5-16-17(11)23-19(27-16)25-8-6-24(7-9-25)18(26)13-3-2-12(22)10-15(13)21/h2-5,10H,6-9H2,1H3. The molecule has 0 N–H and O–H groups in total. The van der Waals surface area contributed by atoms with Gasteiger partial charge >= 0.3 is 0 Å². The Hall–Kier alpha value is -1.89. The molecule has 4 rings (SSSR count). The maximum atomic E-state index is 13.2. The first kappa shape index (κ1) is 18.5. The lowest BCUT2D eigenvalue weighted by atomic mass is 10.1. The molecule has 2 aromatic carbocycles. The minimum Gasteiger partial charge on any atom is -0.345 e. The van der Waals surface area contributed by atoms with Gasteiger partial charge in [-0.25, -0.2) is 9.37 Å². The maximum absolute atomic E-state index is 13.2. The number of anilines is 1. The quantitative estimate of drug-likeness (QED) is 0.580. The number of aromatic nitrogens is 1. The zero-order chi connectivity index (χ0) is 19.1. The van der Waals surface area contributed by atoms with Crippen molar-refractivity contribution in [2.75, 3.05) is 31.1 Å². The highest BCUT2D eigenvalue weighted by Crippen LogP contribution is 2.34. The molecule has 0 radical (unpaired) electrons. The number of carbonyl (C=O) groups excluding carboxylic acids is 1. The number of rotatable bonds is 2. The summed E-state index contributed by atoms with van der Waals surface area (Å²) >= 11 is 13.8. The Bertz CT molecular complexity index is 1030. The van der Waals surface area contributed by atoms with E-state index in [-0.39, 0.29) is 10.9 Å². The molecule has 0 atom stereocenters. The number of amides is 1. The van der Waals surface area contributed by atoms with Crippen molar-refractivity contribution < 1.29 is 9.18 Å². The summed E-state index contributed by atoms with van der Waals surface area (Å²) in [7, 11) is 0. The van der Waals surface area contributed by atoms with E-state index in [0.717, 1.165) is 20.9 Å². The number of benzene rings is 2. The van der Waals surface area contributed by atoms with Crippen molar-refractivity contribution in [3.8, 4) is 0 Å². The van der Waals surface area contributed by atoms with Crippen LogP contribution in [0.2, 0.25) is 10.0 Å². The predicted octanol–water partition coefficient (Wildman–Crippen LogP) is 5.01. The summed E-state index contributed by atoms with van der Waals surface area (Å²) in [6, 6.07) is 7.74. The van der Waals surface area contributed by atoms with E-state index in [2.05, 4.69) is 4.90 Å². The number of thiazole rings is 1. The Morgan fingerprint density at radius 1 is 1.11 bits per heavy atom. The highest BCUT2D eigenvalue weighted by molar-refractivity contribution is 7.22. The largest absolute Gasteiger partial charge is 0.345 e. The molecule has 27 heavy (non-hydrogen) atoms. The molecule has 0 spiro atoms. The highest BCUT2D eigenvalue weighted by atomic mass is 35.5. The number of aryl methyl sites for hydroxylation is 1. The average Bonchev–Trinajstić information content (AvgIpc) is 3.09. The number of hydrogen-bond donors (Lipinski definition) is 0. The maximum Gasteiger partial charge on any atom is 0.255 e. The summed E-state index contributed by atoms with van der Waals surface area (Å²) in [6.45, 7) is 4.44. The van der Waals surface area contributed by atoms with E-state index in [0.29, 0.717) is 36.8 Å². The fourth-order valence-electron chi connectivity index (χ4n) is 3.16. The van der Waals surface area contributed by atoms with Crippen LogP contribution in [0.15, 0.2) is 30.3 Å². The van der Waals surface area contributed by atoms with Gasteiger partial charge in [0.1, 0.15) is 5.82 Å². The summed E-state index contributed by atoms with van der Waals surface area (Å²) in [6.07, 6.45) is 0. The zero-order valence-electron chi connectivity index (χ0n) is 14.5. The van der Waals surface area contributed by atoms with E-state index in [1.165, 1.54) is 18.2 Å². The van der Waals surface area contributed by atoms with Crippen molar-refractivity contribution in [2.24, 2.45) is 0 Å². The Morgan fingerprint density at radius 3 is 2.56 bits per heavy atom. The van der Waals surface area contributed by atoms with Crippen molar-refractivity contribution in [3.05, 3.63) is 57.3 Å². The molecule has 0 saturated carbocycles. The van der Waals surface area contributed by atoms with E-state index in [1.807, 2.05) is 19.1 Å². The van der Waals surface area contributed by atoms with Gasteiger partial charge in [0, 0.05) is 31.2 Å². The SMILES string of the molecule is Cc1c(Cl)ccc2sc(N3CCN(C(=O)c4ccc(F)cc4Cl)CC3)nc12. The van der Waals surface area contributed by atoms with Crippen molar-refractivity contribution in [1.29, 1.82) is 0 Å². The molecule has 2 heterocycles. The van der Waals surface area contributed by atoms with Crippen LogP contribution in [0.1, 0.15) is 15.9 Å². The smallest absolute Gasteiger partial charge is 0.255 e. The van der Waals surface area contributed by atoms with E-state index in [9.17, 15) is 9.18 Å². The van der Waals surface area contributed by atoms with Gasteiger partial charge in [0.15, 0.2) is 5.13 Å². The van der Waals surface area contributed by atoms with Gasteiger partial charge in [-0.05, 0) is 42.8 Å². The number of halogens is 3. The number of piperazine rings is 1. The molecule has 0 bridgehead atoms. The third-order valence-corrected chi connectivity index (χ3v) is 6.54. The van der Waals surface area contributed by atoms with Crippen LogP contribution in [0.25, 0.3) is 10.2 Å². The fourth-order valence-corrected chi connectivity index (χ4v) is 4.64. The predicted molar refractivity (Wildman–Crippen MR) is 109 cm³/mol. The van der Waals surface area contributed by atoms with E-state index in [1.54, 1.807) is 16.2 Å². The Morgan fingerprint density at radius 2 is 1.85 bits per heavy atom. The number of fused-ring (bicyclic) bond motifs is 1. The van der Waals surface area contributed by atoms with Gasteiger partial charge in [0.25, 0.3) is 5.91 Å². The molecule has 1 saturated heterocycles. The lowest BCUT2D eigenvalue weighted by Crippen LogP contribution is -2.48. The molecule has 140 valence electrons. The average molecular weight is 424 g/mol. The summed E-state index contributed by atoms with van der Waals surface area (Å²) in [5.41, 5.74) is 2.24. The van der Waals surface area contributed by atoms with Crippen molar-refractivity contribution in [1.82, 2.24) is 9.88 Å². The molecule has 0 unspecified atom stereocenters. The monoisotopic (exact) mass is 423 g/mol. The van der Waals surface area contributed by atoms with Crippen LogP contribution in [0.4, 0.5) is 9.52 Å². The minimum absolute atomic E-state index is 0.140. The molecule has 1 aromatic heterocycles. The third-order valence-electron chi connectivity index (χ3n) is 4.74.